The van der Waals surface area contributed by atoms with Crippen LogP contribution in [0.25, 0.3) is 0 Å². The fraction of sp³-hybridized carbons (Fsp3) is 0.643. The molecule has 0 aliphatic carbocycles. The molecule has 0 N–H and O–H groups in total. The van der Waals surface area contributed by atoms with E-state index in [1.165, 1.54) is 0 Å². The molecule has 1 aliphatic heterocycles. The number of hydrogen-bond acceptors (Lipinski definition) is 5. The van der Waals surface area contributed by atoms with E-state index in [0.29, 0.717) is 24.8 Å². The van der Waals surface area contributed by atoms with E-state index in [1.807, 2.05) is 4.90 Å². The van der Waals surface area contributed by atoms with Crippen LogP contribution in [0.2, 0.25) is 0 Å². The molecule has 0 amide bonds. The Kier molecular flexibility index (Phi) is 4.74. The fourth-order valence-corrected chi connectivity index (χ4v) is 2.41. The highest BCUT2D eigenvalue weighted by Gasteiger charge is 2.20. The summed E-state index contributed by atoms with van der Waals surface area (Å²) in [5.41, 5.74) is -0.0186. The quantitative estimate of drug-likeness (QED) is 0.751. The Morgan fingerprint density at radius 1 is 1.35 bits per heavy atom. The molecule has 1 fully saturated rings. The number of aromatic nitrogens is 2. The minimum absolute atomic E-state index is 0.0186. The lowest BCUT2D eigenvalue weighted by Gasteiger charge is -2.33. The van der Waals surface area contributed by atoms with Gasteiger partial charge < -0.3 is 9.47 Å². The van der Waals surface area contributed by atoms with Crippen molar-refractivity contribution >= 4 is 5.82 Å². The summed E-state index contributed by atoms with van der Waals surface area (Å²) < 4.78 is 1.73. The Labute approximate surface area is 119 Å². The summed E-state index contributed by atoms with van der Waals surface area (Å²) >= 11 is 0. The van der Waals surface area contributed by atoms with Gasteiger partial charge in [0.1, 0.15) is 0 Å². The summed E-state index contributed by atoms with van der Waals surface area (Å²) in [6, 6.07) is 2.16. The SMILES string of the molecule is CC(C)Cn1ccnc(N2CCN(CC#N)CC2)c1=O. The van der Waals surface area contributed by atoms with E-state index in [-0.39, 0.29) is 5.56 Å². The van der Waals surface area contributed by atoms with E-state index in [9.17, 15) is 4.79 Å². The summed E-state index contributed by atoms with van der Waals surface area (Å²) in [6.45, 7) is 8.43. The smallest absolute Gasteiger partial charge is 0.293 e. The van der Waals surface area contributed by atoms with Crippen LogP contribution in [0.3, 0.4) is 0 Å². The highest BCUT2D eigenvalue weighted by Crippen LogP contribution is 2.09. The van der Waals surface area contributed by atoms with Crippen LogP contribution in [-0.2, 0) is 6.54 Å². The highest BCUT2D eigenvalue weighted by atomic mass is 16.1. The number of piperazine rings is 1. The van der Waals surface area contributed by atoms with Crippen LogP contribution >= 0.6 is 0 Å². The fourth-order valence-electron chi connectivity index (χ4n) is 2.41. The van der Waals surface area contributed by atoms with Gasteiger partial charge in [-0.1, -0.05) is 13.8 Å². The van der Waals surface area contributed by atoms with Gasteiger partial charge in [-0.25, -0.2) is 4.98 Å². The molecule has 20 heavy (non-hydrogen) atoms. The predicted octanol–water partition coefficient (Wildman–Crippen LogP) is 0.545. The average molecular weight is 275 g/mol. The van der Waals surface area contributed by atoms with Crippen molar-refractivity contribution in [2.45, 2.75) is 20.4 Å². The zero-order chi connectivity index (χ0) is 14.5. The molecular weight excluding hydrogens is 254 g/mol. The summed E-state index contributed by atoms with van der Waals surface area (Å²) in [7, 11) is 0. The molecular formula is C14H21N5O. The first-order chi connectivity index (χ1) is 9.61. The number of rotatable bonds is 4. The molecule has 2 heterocycles. The number of nitrogens with zero attached hydrogens (tertiary/aromatic N) is 5. The summed E-state index contributed by atoms with van der Waals surface area (Å²) in [5, 5.41) is 8.69. The van der Waals surface area contributed by atoms with Crippen LogP contribution in [0.4, 0.5) is 5.82 Å². The second-order valence-electron chi connectivity index (χ2n) is 5.52. The lowest BCUT2D eigenvalue weighted by atomic mass is 10.2. The first-order valence-corrected chi connectivity index (χ1v) is 7.01. The van der Waals surface area contributed by atoms with E-state index in [2.05, 4.69) is 29.8 Å². The van der Waals surface area contributed by atoms with Crippen molar-refractivity contribution in [2.24, 2.45) is 5.92 Å². The van der Waals surface area contributed by atoms with Gasteiger partial charge in [0.25, 0.3) is 5.56 Å². The van der Waals surface area contributed by atoms with Crippen molar-refractivity contribution in [1.29, 1.82) is 5.26 Å². The van der Waals surface area contributed by atoms with Crippen LogP contribution in [-0.4, -0.2) is 47.2 Å². The molecule has 1 saturated heterocycles. The molecule has 6 heteroatoms. The Balaban J connectivity index is 2.11. The van der Waals surface area contributed by atoms with Crippen molar-refractivity contribution < 1.29 is 0 Å². The molecule has 108 valence electrons. The second-order valence-corrected chi connectivity index (χ2v) is 5.52. The second kappa shape index (κ2) is 6.53. The molecule has 0 bridgehead atoms. The molecule has 0 saturated carbocycles. The molecule has 1 aromatic rings. The monoisotopic (exact) mass is 275 g/mol. The van der Waals surface area contributed by atoms with Gasteiger partial charge in [-0.2, -0.15) is 5.26 Å². The topological polar surface area (TPSA) is 65.2 Å². The average Bonchev–Trinajstić information content (AvgIpc) is 2.42. The van der Waals surface area contributed by atoms with Crippen molar-refractivity contribution in [3.8, 4) is 6.07 Å². The van der Waals surface area contributed by atoms with E-state index >= 15 is 0 Å². The maximum Gasteiger partial charge on any atom is 0.293 e. The molecule has 0 unspecified atom stereocenters. The maximum absolute atomic E-state index is 12.4. The van der Waals surface area contributed by atoms with Gasteiger partial charge in [-0.05, 0) is 5.92 Å². The normalized spacial score (nSPS) is 16.4. The Morgan fingerprint density at radius 3 is 2.65 bits per heavy atom. The molecule has 1 aliphatic rings. The van der Waals surface area contributed by atoms with Crippen molar-refractivity contribution in [2.75, 3.05) is 37.6 Å². The molecule has 0 atom stereocenters. The van der Waals surface area contributed by atoms with Crippen LogP contribution in [0.1, 0.15) is 13.8 Å². The van der Waals surface area contributed by atoms with Gasteiger partial charge >= 0.3 is 0 Å². The van der Waals surface area contributed by atoms with E-state index < -0.39 is 0 Å². The van der Waals surface area contributed by atoms with Crippen molar-refractivity contribution in [3.63, 3.8) is 0 Å². The van der Waals surface area contributed by atoms with E-state index in [1.54, 1.807) is 17.0 Å². The first-order valence-electron chi connectivity index (χ1n) is 7.01. The molecule has 1 aromatic heterocycles. The standard InChI is InChI=1S/C14H21N5O/c1-12(2)11-19-6-4-16-13(14(19)20)18-9-7-17(5-3-15)8-10-18/h4,6,12H,5,7-11H2,1-2H3. The Bertz CT molecular complexity index is 537. The zero-order valence-electron chi connectivity index (χ0n) is 12.1. The largest absolute Gasteiger partial charge is 0.349 e. The minimum Gasteiger partial charge on any atom is -0.349 e. The third-order valence-corrected chi connectivity index (χ3v) is 3.42. The summed E-state index contributed by atoms with van der Waals surface area (Å²) in [6.07, 6.45) is 3.44. The third-order valence-electron chi connectivity index (χ3n) is 3.42. The molecule has 0 aromatic carbocycles. The number of nitriles is 1. The number of hydrogen-bond donors (Lipinski definition) is 0. The maximum atomic E-state index is 12.4. The third kappa shape index (κ3) is 3.36. The van der Waals surface area contributed by atoms with Gasteiger partial charge in [-0.3, -0.25) is 9.69 Å². The molecule has 0 spiro atoms. The zero-order valence-corrected chi connectivity index (χ0v) is 12.1. The van der Waals surface area contributed by atoms with Gasteiger partial charge in [0.05, 0.1) is 12.6 Å². The van der Waals surface area contributed by atoms with Crippen LogP contribution in [0, 0.1) is 17.2 Å². The van der Waals surface area contributed by atoms with Gasteiger partial charge in [-0.15, -0.1) is 0 Å². The van der Waals surface area contributed by atoms with Gasteiger partial charge in [0.15, 0.2) is 5.82 Å². The van der Waals surface area contributed by atoms with Gasteiger partial charge in [0, 0.05) is 45.1 Å². The van der Waals surface area contributed by atoms with Crippen molar-refractivity contribution in [1.82, 2.24) is 14.5 Å². The van der Waals surface area contributed by atoms with E-state index in [4.69, 9.17) is 5.26 Å². The van der Waals surface area contributed by atoms with E-state index in [0.717, 1.165) is 26.2 Å². The van der Waals surface area contributed by atoms with Crippen LogP contribution < -0.4 is 10.5 Å². The van der Waals surface area contributed by atoms with Crippen molar-refractivity contribution in [3.05, 3.63) is 22.7 Å². The lowest BCUT2D eigenvalue weighted by Crippen LogP contribution is -2.48. The predicted molar refractivity (Wildman–Crippen MR) is 77.6 cm³/mol. The summed E-state index contributed by atoms with van der Waals surface area (Å²) in [4.78, 5) is 20.8. The lowest BCUT2D eigenvalue weighted by molar-refractivity contribution is 0.286. The van der Waals surface area contributed by atoms with Crippen LogP contribution in [0.5, 0.6) is 0 Å². The molecule has 0 radical (unpaired) electrons. The first kappa shape index (κ1) is 14.5. The summed E-state index contributed by atoms with van der Waals surface area (Å²) in [5.74, 6) is 0.959. The molecule has 2 rings (SSSR count). The van der Waals surface area contributed by atoms with Gasteiger partial charge in [0.2, 0.25) is 0 Å². The van der Waals surface area contributed by atoms with Crippen LogP contribution in [0.15, 0.2) is 17.2 Å². The number of anilines is 1. The molecule has 6 nitrogen and oxygen atoms in total. The highest BCUT2D eigenvalue weighted by molar-refractivity contribution is 5.36. The Hall–Kier alpha value is -1.87. The Morgan fingerprint density at radius 2 is 2.05 bits per heavy atom. The minimum atomic E-state index is -0.0186.